The third kappa shape index (κ3) is 6.45. The number of rotatable bonds is 9. The number of carbonyl (C=O) groups is 1. The number of nitrogens with two attached hydrogens (primary N) is 1. The van der Waals surface area contributed by atoms with Crippen LogP contribution in [0.3, 0.4) is 0 Å². The Morgan fingerprint density at radius 2 is 1.65 bits per heavy atom. The molecule has 0 unspecified atom stereocenters. The van der Waals surface area contributed by atoms with Crippen molar-refractivity contribution in [2.75, 3.05) is 6.54 Å². The van der Waals surface area contributed by atoms with Crippen molar-refractivity contribution < 1.29 is 18.3 Å². The number of pyridine rings is 1. The lowest BCUT2D eigenvalue weighted by molar-refractivity contribution is 0.0857. The van der Waals surface area contributed by atoms with E-state index in [2.05, 4.69) is 19.8 Å². The molecule has 0 spiro atoms. The zero-order valence-electron chi connectivity index (χ0n) is 20.7. The minimum absolute atomic E-state index is 0.0187. The quantitative estimate of drug-likeness (QED) is 0.306. The first-order chi connectivity index (χ1) is 17.4. The van der Waals surface area contributed by atoms with Crippen molar-refractivity contribution in [2.24, 2.45) is 5.73 Å². The molecular weight excluding hydrogens is 492 g/mol. The second-order valence-electron chi connectivity index (χ2n) is 9.31. The molecule has 11 heteroatoms. The maximum absolute atomic E-state index is 12.4. The van der Waals surface area contributed by atoms with E-state index >= 15 is 0 Å². The van der Waals surface area contributed by atoms with Crippen molar-refractivity contribution in [3.8, 4) is 16.9 Å². The molecule has 4 rings (SSSR count). The summed E-state index contributed by atoms with van der Waals surface area (Å²) in [5.41, 5.74) is 8.59. The standard InChI is InChI=1S/C26H28N6O4S/c1-17-30-25(24(27)33)31-32(17)21-10-6-19(7-11-21)14-18-4-8-20(9-5-18)23-13-12-22(15-28-23)37(35,36)29-16-26(2,3)34/h4-13,15,29,34H,14,16H2,1-3H3,(H2,27,33). The fourth-order valence-electron chi connectivity index (χ4n) is 3.59. The molecule has 0 aliphatic rings. The van der Waals surface area contributed by atoms with Crippen LogP contribution in [0, 0.1) is 6.92 Å². The van der Waals surface area contributed by atoms with E-state index in [1.54, 1.807) is 17.7 Å². The molecule has 0 fully saturated rings. The molecule has 4 N–H and O–H groups in total. The Morgan fingerprint density at radius 1 is 1.03 bits per heavy atom. The molecule has 0 aliphatic carbocycles. The van der Waals surface area contributed by atoms with Gasteiger partial charge < -0.3 is 10.8 Å². The van der Waals surface area contributed by atoms with Gasteiger partial charge in [0.15, 0.2) is 0 Å². The average molecular weight is 521 g/mol. The van der Waals surface area contributed by atoms with E-state index in [0.717, 1.165) is 22.4 Å². The number of hydrogen-bond donors (Lipinski definition) is 3. The first-order valence-electron chi connectivity index (χ1n) is 11.5. The molecule has 1 amide bonds. The largest absolute Gasteiger partial charge is 0.389 e. The van der Waals surface area contributed by atoms with E-state index in [1.165, 1.54) is 26.1 Å². The molecule has 192 valence electrons. The van der Waals surface area contributed by atoms with Gasteiger partial charge in [-0.3, -0.25) is 9.78 Å². The van der Waals surface area contributed by atoms with Gasteiger partial charge in [-0.05, 0) is 62.6 Å². The van der Waals surface area contributed by atoms with Gasteiger partial charge >= 0.3 is 0 Å². The van der Waals surface area contributed by atoms with Gasteiger partial charge in [0.25, 0.3) is 5.91 Å². The summed E-state index contributed by atoms with van der Waals surface area (Å²) in [4.78, 5) is 19.7. The normalized spacial score (nSPS) is 12.0. The molecule has 0 radical (unpaired) electrons. The Kier molecular flexibility index (Phi) is 7.21. The summed E-state index contributed by atoms with van der Waals surface area (Å²) < 4.78 is 28.8. The summed E-state index contributed by atoms with van der Waals surface area (Å²) in [7, 11) is -3.76. The van der Waals surface area contributed by atoms with Crippen LogP contribution in [0.2, 0.25) is 0 Å². The van der Waals surface area contributed by atoms with E-state index < -0.39 is 21.5 Å². The number of amides is 1. The number of sulfonamides is 1. The summed E-state index contributed by atoms with van der Waals surface area (Å²) in [5, 5.41) is 13.9. The molecular formula is C26H28N6O4S. The Morgan fingerprint density at radius 3 is 2.16 bits per heavy atom. The van der Waals surface area contributed by atoms with Gasteiger partial charge in [0.1, 0.15) is 10.7 Å². The fourth-order valence-corrected chi connectivity index (χ4v) is 4.74. The van der Waals surface area contributed by atoms with Gasteiger partial charge in [0.2, 0.25) is 15.8 Å². The van der Waals surface area contributed by atoms with E-state index in [-0.39, 0.29) is 17.3 Å². The lowest BCUT2D eigenvalue weighted by Gasteiger charge is -2.17. The minimum atomic E-state index is -3.76. The average Bonchev–Trinajstić information content (AvgIpc) is 3.25. The molecule has 0 saturated heterocycles. The predicted octanol–water partition coefficient (Wildman–Crippen LogP) is 2.38. The molecule has 0 aliphatic heterocycles. The monoisotopic (exact) mass is 520 g/mol. The third-order valence-corrected chi connectivity index (χ3v) is 6.96. The van der Waals surface area contributed by atoms with Gasteiger partial charge in [0.05, 0.1) is 17.0 Å². The van der Waals surface area contributed by atoms with Gasteiger partial charge in [-0.25, -0.2) is 22.8 Å². The molecule has 2 aromatic heterocycles. The number of primary amides is 1. The van der Waals surface area contributed by atoms with Crippen molar-refractivity contribution in [2.45, 2.75) is 37.7 Å². The van der Waals surface area contributed by atoms with E-state index in [0.29, 0.717) is 17.9 Å². The highest BCUT2D eigenvalue weighted by atomic mass is 32.2. The van der Waals surface area contributed by atoms with Crippen molar-refractivity contribution in [3.05, 3.63) is 89.6 Å². The van der Waals surface area contributed by atoms with Gasteiger partial charge in [0, 0.05) is 18.3 Å². The second-order valence-corrected chi connectivity index (χ2v) is 11.1. The highest BCUT2D eigenvalue weighted by Crippen LogP contribution is 2.21. The fraction of sp³-hybridized carbons (Fsp3) is 0.231. The third-order valence-electron chi connectivity index (χ3n) is 5.57. The smallest absolute Gasteiger partial charge is 0.288 e. The first kappa shape index (κ1) is 26.1. The van der Waals surface area contributed by atoms with Gasteiger partial charge in [-0.1, -0.05) is 36.4 Å². The molecule has 10 nitrogen and oxygen atoms in total. The molecule has 2 aromatic carbocycles. The van der Waals surface area contributed by atoms with Crippen LogP contribution in [0.1, 0.15) is 41.4 Å². The number of benzene rings is 2. The minimum Gasteiger partial charge on any atom is -0.389 e. The number of nitrogens with zero attached hydrogens (tertiary/aromatic N) is 4. The summed E-state index contributed by atoms with van der Waals surface area (Å²) in [5.74, 6) is -0.117. The van der Waals surface area contributed by atoms with Crippen LogP contribution in [-0.4, -0.2) is 51.3 Å². The van der Waals surface area contributed by atoms with E-state index in [9.17, 15) is 18.3 Å². The Hall–Kier alpha value is -3.93. The number of carbonyl (C=O) groups excluding carboxylic acids is 1. The Bertz CT molecular complexity index is 1510. The van der Waals surface area contributed by atoms with Crippen LogP contribution in [0.4, 0.5) is 0 Å². The maximum atomic E-state index is 12.4. The topological polar surface area (TPSA) is 153 Å². The second kappa shape index (κ2) is 10.2. The summed E-state index contributed by atoms with van der Waals surface area (Å²) in [6.07, 6.45) is 2.02. The van der Waals surface area contributed by atoms with E-state index in [1.807, 2.05) is 48.5 Å². The van der Waals surface area contributed by atoms with E-state index in [4.69, 9.17) is 5.73 Å². The molecule has 0 atom stereocenters. The lowest BCUT2D eigenvalue weighted by atomic mass is 10.0. The van der Waals surface area contributed by atoms with Crippen LogP contribution in [-0.2, 0) is 16.4 Å². The number of aryl methyl sites for hydroxylation is 1. The zero-order valence-corrected chi connectivity index (χ0v) is 21.5. The Labute approximate surface area is 215 Å². The molecule has 37 heavy (non-hydrogen) atoms. The molecule has 0 saturated carbocycles. The van der Waals surface area contributed by atoms with Crippen molar-refractivity contribution in [1.82, 2.24) is 24.5 Å². The number of aromatic nitrogens is 4. The zero-order chi connectivity index (χ0) is 26.8. The van der Waals surface area contributed by atoms with Crippen LogP contribution in [0.15, 0.2) is 71.8 Å². The van der Waals surface area contributed by atoms with Gasteiger partial charge in [-0.15, -0.1) is 5.10 Å². The van der Waals surface area contributed by atoms with Crippen LogP contribution in [0.5, 0.6) is 0 Å². The molecule has 0 bridgehead atoms. The number of nitrogens with one attached hydrogen (secondary N) is 1. The lowest BCUT2D eigenvalue weighted by Crippen LogP contribution is -2.38. The van der Waals surface area contributed by atoms with Gasteiger partial charge in [-0.2, -0.15) is 0 Å². The molecule has 2 heterocycles. The summed E-state index contributed by atoms with van der Waals surface area (Å²) in [6, 6.07) is 18.8. The summed E-state index contributed by atoms with van der Waals surface area (Å²) >= 11 is 0. The van der Waals surface area contributed by atoms with Crippen LogP contribution in [0.25, 0.3) is 16.9 Å². The van der Waals surface area contributed by atoms with Crippen LogP contribution < -0.4 is 10.5 Å². The van der Waals surface area contributed by atoms with Crippen molar-refractivity contribution >= 4 is 15.9 Å². The number of hydrogen-bond acceptors (Lipinski definition) is 7. The summed E-state index contributed by atoms with van der Waals surface area (Å²) in [6.45, 7) is 4.71. The SMILES string of the molecule is Cc1nc(C(N)=O)nn1-c1ccc(Cc2ccc(-c3ccc(S(=O)(=O)NCC(C)(C)O)cn3)cc2)cc1. The molecule has 4 aromatic rings. The highest BCUT2D eigenvalue weighted by Gasteiger charge is 2.20. The van der Waals surface area contributed by atoms with Crippen molar-refractivity contribution in [3.63, 3.8) is 0 Å². The highest BCUT2D eigenvalue weighted by molar-refractivity contribution is 7.89. The Balaban J connectivity index is 1.42. The van der Waals surface area contributed by atoms with Crippen molar-refractivity contribution in [1.29, 1.82) is 0 Å². The first-order valence-corrected chi connectivity index (χ1v) is 13.0. The number of aliphatic hydroxyl groups is 1. The van der Waals surface area contributed by atoms with Crippen LogP contribution >= 0.6 is 0 Å². The maximum Gasteiger partial charge on any atom is 0.288 e. The predicted molar refractivity (Wildman–Crippen MR) is 139 cm³/mol.